The Bertz CT molecular complexity index is 1180. The number of hydrogen-bond acceptors (Lipinski definition) is 5. The number of nitrogens with zero attached hydrogens (tertiary/aromatic N) is 2. The van der Waals surface area contributed by atoms with E-state index in [1.165, 1.54) is 19.2 Å². The molecule has 7 nitrogen and oxygen atoms in total. The first-order valence-corrected chi connectivity index (χ1v) is 9.77. The lowest BCUT2D eigenvalue weighted by Gasteiger charge is -2.13. The third kappa shape index (κ3) is 4.62. The van der Waals surface area contributed by atoms with E-state index in [4.69, 9.17) is 4.74 Å². The van der Waals surface area contributed by atoms with Crippen molar-refractivity contribution in [2.45, 2.75) is 25.7 Å². The number of anilines is 1. The average Bonchev–Trinajstić information content (AvgIpc) is 3.17. The first-order chi connectivity index (χ1) is 14.2. The van der Waals surface area contributed by atoms with Crippen LogP contribution >= 0.6 is 11.3 Å². The largest absolute Gasteiger partial charge is 0.416 e. The predicted octanol–water partition coefficient (Wildman–Crippen LogP) is 2.92. The number of hydrogen-bond donors (Lipinski definition) is 1. The van der Waals surface area contributed by atoms with Crippen LogP contribution in [0.4, 0.5) is 18.9 Å². The molecule has 0 saturated carbocycles. The van der Waals surface area contributed by atoms with Crippen LogP contribution in [0.1, 0.15) is 12.0 Å². The number of methoxy groups -OCH3 is 1. The first-order valence-electron chi connectivity index (χ1n) is 8.89. The fourth-order valence-corrected chi connectivity index (χ4v) is 3.81. The van der Waals surface area contributed by atoms with Gasteiger partial charge >= 0.3 is 11.9 Å². The summed E-state index contributed by atoms with van der Waals surface area (Å²) in [5, 5.41) is 4.00. The van der Waals surface area contributed by atoms with Gasteiger partial charge in [0.25, 0.3) is 5.56 Å². The van der Waals surface area contributed by atoms with Gasteiger partial charge in [0.05, 0.1) is 11.1 Å². The normalized spacial score (nSPS) is 11.7. The molecule has 3 rings (SSSR count). The smallest absolute Gasteiger partial charge is 0.385 e. The predicted molar refractivity (Wildman–Crippen MR) is 107 cm³/mol. The Morgan fingerprint density at radius 3 is 2.67 bits per heavy atom. The number of thiophene rings is 1. The number of carbonyl (C=O) groups is 1. The van der Waals surface area contributed by atoms with E-state index in [0.29, 0.717) is 23.2 Å². The Morgan fingerprint density at radius 1 is 1.20 bits per heavy atom. The molecular formula is C19H18F3N3O4S. The lowest BCUT2D eigenvalue weighted by molar-refractivity contribution is -0.137. The number of ether oxygens (including phenoxy) is 1. The van der Waals surface area contributed by atoms with Crippen LogP contribution < -0.4 is 16.6 Å². The maximum Gasteiger partial charge on any atom is 0.416 e. The van der Waals surface area contributed by atoms with Crippen molar-refractivity contribution in [2.24, 2.45) is 0 Å². The SMILES string of the molecule is COCCCn1c(=O)c2sccc2n(CC(=O)Nc2cccc(C(F)(F)F)c2)c1=O. The zero-order valence-corrected chi connectivity index (χ0v) is 16.7. The zero-order chi connectivity index (χ0) is 21.9. The van der Waals surface area contributed by atoms with Crippen molar-refractivity contribution in [3.05, 3.63) is 62.1 Å². The van der Waals surface area contributed by atoms with Crippen LogP contribution in [0, 0.1) is 0 Å². The molecular weight excluding hydrogens is 423 g/mol. The minimum Gasteiger partial charge on any atom is -0.385 e. The van der Waals surface area contributed by atoms with Crippen LogP contribution in [-0.4, -0.2) is 28.8 Å². The van der Waals surface area contributed by atoms with Crippen molar-refractivity contribution >= 4 is 33.1 Å². The highest BCUT2D eigenvalue weighted by Crippen LogP contribution is 2.30. The van der Waals surface area contributed by atoms with Crippen molar-refractivity contribution in [2.75, 3.05) is 19.0 Å². The van der Waals surface area contributed by atoms with Gasteiger partial charge in [-0.05, 0) is 36.1 Å². The lowest BCUT2D eigenvalue weighted by Crippen LogP contribution is -2.41. The highest BCUT2D eigenvalue weighted by Gasteiger charge is 2.30. The molecule has 0 aliphatic rings. The van der Waals surface area contributed by atoms with E-state index < -0.39 is 35.4 Å². The van der Waals surface area contributed by atoms with E-state index in [9.17, 15) is 27.6 Å². The molecule has 0 radical (unpaired) electrons. The summed E-state index contributed by atoms with van der Waals surface area (Å²) in [6, 6.07) is 5.76. The molecule has 3 aromatic rings. The van der Waals surface area contributed by atoms with E-state index in [0.717, 1.165) is 32.6 Å². The van der Waals surface area contributed by atoms with Crippen LogP contribution in [0.2, 0.25) is 0 Å². The van der Waals surface area contributed by atoms with Crippen molar-refractivity contribution < 1.29 is 22.7 Å². The quantitative estimate of drug-likeness (QED) is 0.572. The highest BCUT2D eigenvalue weighted by molar-refractivity contribution is 7.17. The van der Waals surface area contributed by atoms with Gasteiger partial charge in [-0.2, -0.15) is 13.2 Å². The van der Waals surface area contributed by atoms with Crippen molar-refractivity contribution in [1.82, 2.24) is 9.13 Å². The minimum atomic E-state index is -4.54. The molecule has 0 spiro atoms. The number of alkyl halides is 3. The monoisotopic (exact) mass is 441 g/mol. The van der Waals surface area contributed by atoms with E-state index >= 15 is 0 Å². The Kier molecular flexibility index (Phi) is 6.42. The van der Waals surface area contributed by atoms with Gasteiger partial charge in [0.2, 0.25) is 5.91 Å². The molecule has 11 heteroatoms. The number of benzene rings is 1. The van der Waals surface area contributed by atoms with Gasteiger partial charge in [-0.1, -0.05) is 6.07 Å². The van der Waals surface area contributed by atoms with Crippen molar-refractivity contribution in [3.8, 4) is 0 Å². The van der Waals surface area contributed by atoms with Gasteiger partial charge < -0.3 is 10.1 Å². The van der Waals surface area contributed by atoms with Crippen LogP contribution in [0.25, 0.3) is 10.2 Å². The van der Waals surface area contributed by atoms with Gasteiger partial charge in [0, 0.05) is 25.9 Å². The summed E-state index contributed by atoms with van der Waals surface area (Å²) in [7, 11) is 1.50. The second kappa shape index (κ2) is 8.84. The number of nitrogens with one attached hydrogen (secondary N) is 1. The van der Waals surface area contributed by atoms with Gasteiger partial charge in [0.15, 0.2) is 0 Å². The molecule has 2 heterocycles. The summed E-state index contributed by atoms with van der Waals surface area (Å²) < 4.78 is 46.0. The van der Waals surface area contributed by atoms with Crippen LogP contribution in [-0.2, 0) is 28.8 Å². The Morgan fingerprint density at radius 2 is 1.97 bits per heavy atom. The third-order valence-corrected chi connectivity index (χ3v) is 5.23. The van der Waals surface area contributed by atoms with Gasteiger partial charge in [-0.25, -0.2) is 4.79 Å². The topological polar surface area (TPSA) is 82.3 Å². The highest BCUT2D eigenvalue weighted by atomic mass is 32.1. The van der Waals surface area contributed by atoms with E-state index in [-0.39, 0.29) is 12.2 Å². The summed E-state index contributed by atoms with van der Waals surface area (Å²) in [6.45, 7) is 0.0197. The molecule has 0 fully saturated rings. The number of halogens is 3. The molecule has 0 unspecified atom stereocenters. The Labute approximate surface area is 172 Å². The molecule has 1 N–H and O–H groups in total. The summed E-state index contributed by atoms with van der Waals surface area (Å²) in [5.41, 5.74) is -1.75. The molecule has 0 aliphatic carbocycles. The number of amides is 1. The first kappa shape index (κ1) is 21.8. The van der Waals surface area contributed by atoms with E-state index in [1.807, 2.05) is 0 Å². The number of aromatic nitrogens is 2. The zero-order valence-electron chi connectivity index (χ0n) is 15.9. The van der Waals surface area contributed by atoms with E-state index in [1.54, 1.807) is 11.4 Å². The van der Waals surface area contributed by atoms with Crippen LogP contribution in [0.15, 0.2) is 45.3 Å². The average molecular weight is 441 g/mol. The molecule has 0 saturated heterocycles. The molecule has 0 bridgehead atoms. The second-order valence-corrected chi connectivity index (χ2v) is 7.35. The molecule has 160 valence electrons. The fraction of sp³-hybridized carbons (Fsp3) is 0.316. The van der Waals surface area contributed by atoms with Gasteiger partial charge in [-0.15, -0.1) is 11.3 Å². The van der Waals surface area contributed by atoms with Gasteiger partial charge in [0.1, 0.15) is 11.2 Å². The number of rotatable bonds is 7. The van der Waals surface area contributed by atoms with Crippen molar-refractivity contribution in [1.29, 1.82) is 0 Å². The number of carbonyl (C=O) groups excluding carboxylic acids is 1. The molecule has 0 aliphatic heterocycles. The van der Waals surface area contributed by atoms with Crippen LogP contribution in [0.3, 0.4) is 0 Å². The fourth-order valence-electron chi connectivity index (χ4n) is 2.97. The summed E-state index contributed by atoms with van der Waals surface area (Å²) in [4.78, 5) is 37.9. The minimum absolute atomic E-state index is 0.0437. The number of fused-ring (bicyclic) bond motifs is 1. The second-order valence-electron chi connectivity index (χ2n) is 6.43. The maximum absolute atomic E-state index is 12.9. The van der Waals surface area contributed by atoms with E-state index in [2.05, 4.69) is 5.32 Å². The van der Waals surface area contributed by atoms with Crippen molar-refractivity contribution in [3.63, 3.8) is 0 Å². The Hall–Kier alpha value is -2.92. The van der Waals surface area contributed by atoms with Crippen LogP contribution in [0.5, 0.6) is 0 Å². The maximum atomic E-state index is 12.9. The molecule has 0 atom stereocenters. The molecule has 1 aromatic carbocycles. The molecule has 2 aromatic heterocycles. The molecule has 1 amide bonds. The Balaban J connectivity index is 1.90. The van der Waals surface area contributed by atoms with Gasteiger partial charge in [-0.3, -0.25) is 18.7 Å². The summed E-state index contributed by atoms with van der Waals surface area (Å²) in [6.07, 6.45) is -4.11. The summed E-state index contributed by atoms with van der Waals surface area (Å²) in [5.74, 6) is -0.689. The molecule has 30 heavy (non-hydrogen) atoms. The standard InChI is InChI=1S/C19H18F3N3O4S/c1-29-8-3-7-24-17(27)16-14(6-9-30-16)25(18(24)28)11-15(26)23-13-5-2-4-12(10-13)19(20,21)22/h2,4-6,9-10H,3,7-8,11H2,1H3,(H,23,26). The lowest BCUT2D eigenvalue weighted by atomic mass is 10.2. The third-order valence-electron chi connectivity index (χ3n) is 4.34. The summed E-state index contributed by atoms with van der Waals surface area (Å²) >= 11 is 1.14.